The number of nitrogens with zero attached hydrogens (tertiary/aromatic N) is 2. The Morgan fingerprint density at radius 2 is 1.86 bits per heavy atom. The normalized spacial score (nSPS) is 18.5. The zero-order valence-electron chi connectivity index (χ0n) is 12.3. The predicted molar refractivity (Wildman–Crippen MR) is 86.1 cm³/mol. The third-order valence-electron chi connectivity index (χ3n) is 4.01. The van der Waals surface area contributed by atoms with Crippen molar-refractivity contribution in [2.75, 3.05) is 18.8 Å². The van der Waals surface area contributed by atoms with Crippen LogP contribution in [0.1, 0.15) is 31.2 Å². The van der Waals surface area contributed by atoms with E-state index in [1.54, 1.807) is 10.6 Å². The number of aromatic amines is 1. The number of rotatable bonds is 2. The van der Waals surface area contributed by atoms with Gasteiger partial charge in [0, 0.05) is 31.5 Å². The van der Waals surface area contributed by atoms with Crippen LogP contribution in [0, 0.1) is 0 Å². The second kappa shape index (κ2) is 6.56. The van der Waals surface area contributed by atoms with Crippen LogP contribution in [-0.4, -0.2) is 39.2 Å². The molecule has 118 valence electrons. The SMILES string of the molecule is O=C(C=Cc1c2n(c(=O)[nH]c1=O)CCCS2)N1CCCCC1. The van der Waals surface area contributed by atoms with E-state index in [2.05, 4.69) is 4.98 Å². The fourth-order valence-electron chi connectivity index (χ4n) is 2.84. The number of nitrogens with one attached hydrogen (secondary N) is 1. The van der Waals surface area contributed by atoms with Gasteiger partial charge < -0.3 is 4.90 Å². The highest BCUT2D eigenvalue weighted by molar-refractivity contribution is 7.99. The number of aromatic nitrogens is 2. The number of hydrogen-bond donors (Lipinski definition) is 1. The molecule has 1 aromatic heterocycles. The Bertz CT molecular complexity index is 714. The molecule has 1 aromatic rings. The predicted octanol–water partition coefficient (Wildman–Crippen LogP) is 1.06. The second-order valence-corrected chi connectivity index (χ2v) is 6.63. The smallest absolute Gasteiger partial charge is 0.329 e. The van der Waals surface area contributed by atoms with E-state index < -0.39 is 5.56 Å². The summed E-state index contributed by atoms with van der Waals surface area (Å²) in [6.07, 6.45) is 7.15. The van der Waals surface area contributed by atoms with Crippen LogP contribution in [0.2, 0.25) is 0 Å². The first-order chi connectivity index (χ1) is 10.7. The Morgan fingerprint density at radius 3 is 2.64 bits per heavy atom. The monoisotopic (exact) mass is 321 g/mol. The molecule has 3 rings (SSSR count). The van der Waals surface area contributed by atoms with Gasteiger partial charge >= 0.3 is 5.69 Å². The highest BCUT2D eigenvalue weighted by atomic mass is 32.2. The van der Waals surface area contributed by atoms with Crippen molar-refractivity contribution in [3.05, 3.63) is 32.5 Å². The lowest BCUT2D eigenvalue weighted by atomic mass is 10.1. The average Bonchev–Trinajstić information content (AvgIpc) is 2.55. The number of thioether (sulfide) groups is 1. The van der Waals surface area contributed by atoms with E-state index in [9.17, 15) is 14.4 Å². The van der Waals surface area contributed by atoms with E-state index in [-0.39, 0.29) is 11.6 Å². The highest BCUT2D eigenvalue weighted by Gasteiger charge is 2.18. The minimum atomic E-state index is -0.423. The van der Waals surface area contributed by atoms with Gasteiger partial charge in [-0.2, -0.15) is 0 Å². The van der Waals surface area contributed by atoms with Gasteiger partial charge in [-0.15, -0.1) is 11.8 Å². The lowest BCUT2D eigenvalue weighted by Crippen LogP contribution is -2.35. The molecular formula is C15H19N3O3S. The Labute approximate surface area is 132 Å². The molecule has 0 aliphatic carbocycles. The topological polar surface area (TPSA) is 75.2 Å². The Hall–Kier alpha value is -1.76. The van der Waals surface area contributed by atoms with Gasteiger partial charge in [-0.25, -0.2) is 4.79 Å². The Kier molecular flexibility index (Phi) is 4.52. The summed E-state index contributed by atoms with van der Waals surface area (Å²) >= 11 is 1.50. The fraction of sp³-hybridized carbons (Fsp3) is 0.533. The van der Waals surface area contributed by atoms with E-state index in [0.717, 1.165) is 38.1 Å². The van der Waals surface area contributed by atoms with Crippen molar-refractivity contribution >= 4 is 23.7 Å². The van der Waals surface area contributed by atoms with Gasteiger partial charge in [0.1, 0.15) is 0 Å². The molecule has 0 bridgehead atoms. The molecule has 0 saturated carbocycles. The lowest BCUT2D eigenvalue weighted by Gasteiger charge is -2.25. The number of likely N-dealkylation sites (tertiary alicyclic amines) is 1. The molecule has 3 heterocycles. The average molecular weight is 321 g/mol. The van der Waals surface area contributed by atoms with Crippen molar-refractivity contribution < 1.29 is 4.79 Å². The quantitative estimate of drug-likeness (QED) is 0.653. The molecule has 2 aliphatic heterocycles. The summed E-state index contributed by atoms with van der Waals surface area (Å²) in [6, 6.07) is 0. The first kappa shape index (κ1) is 15.1. The Balaban J connectivity index is 1.88. The molecule has 7 heteroatoms. The van der Waals surface area contributed by atoms with E-state index >= 15 is 0 Å². The van der Waals surface area contributed by atoms with Crippen LogP contribution in [0.5, 0.6) is 0 Å². The Morgan fingerprint density at radius 1 is 1.09 bits per heavy atom. The first-order valence-electron chi connectivity index (χ1n) is 7.64. The molecule has 1 N–H and O–H groups in total. The molecular weight excluding hydrogens is 302 g/mol. The lowest BCUT2D eigenvalue weighted by molar-refractivity contribution is -0.126. The minimum Gasteiger partial charge on any atom is -0.339 e. The van der Waals surface area contributed by atoms with Gasteiger partial charge in [-0.05, 0) is 31.8 Å². The number of fused-ring (bicyclic) bond motifs is 1. The molecule has 0 aromatic carbocycles. The van der Waals surface area contributed by atoms with Crippen LogP contribution in [0.15, 0.2) is 20.7 Å². The van der Waals surface area contributed by atoms with Gasteiger partial charge in [0.2, 0.25) is 5.91 Å². The highest BCUT2D eigenvalue weighted by Crippen LogP contribution is 2.25. The van der Waals surface area contributed by atoms with Crippen LogP contribution >= 0.6 is 11.8 Å². The number of hydrogen-bond acceptors (Lipinski definition) is 4. The summed E-state index contributed by atoms with van der Waals surface area (Å²) in [5, 5.41) is 0.669. The molecule has 1 fully saturated rings. The third kappa shape index (κ3) is 3.04. The molecule has 6 nitrogen and oxygen atoms in total. The first-order valence-corrected chi connectivity index (χ1v) is 8.62. The summed E-state index contributed by atoms with van der Waals surface area (Å²) in [6.45, 7) is 2.17. The van der Waals surface area contributed by atoms with E-state index in [1.165, 1.54) is 24.3 Å². The van der Waals surface area contributed by atoms with Gasteiger partial charge in [0.25, 0.3) is 5.56 Å². The van der Waals surface area contributed by atoms with Crippen molar-refractivity contribution in [2.45, 2.75) is 37.3 Å². The zero-order chi connectivity index (χ0) is 15.5. The molecule has 0 spiro atoms. The van der Waals surface area contributed by atoms with E-state index in [0.29, 0.717) is 17.1 Å². The van der Waals surface area contributed by atoms with Crippen LogP contribution in [0.4, 0.5) is 0 Å². The minimum absolute atomic E-state index is 0.0649. The number of carbonyl (C=O) groups is 1. The van der Waals surface area contributed by atoms with Crippen LogP contribution in [0.25, 0.3) is 6.08 Å². The maximum absolute atomic E-state index is 12.2. The molecule has 22 heavy (non-hydrogen) atoms. The van der Waals surface area contributed by atoms with E-state index in [1.807, 2.05) is 4.90 Å². The zero-order valence-corrected chi connectivity index (χ0v) is 13.2. The van der Waals surface area contributed by atoms with Crippen molar-refractivity contribution in [3.63, 3.8) is 0 Å². The van der Waals surface area contributed by atoms with Gasteiger partial charge in [-0.1, -0.05) is 0 Å². The summed E-state index contributed by atoms with van der Waals surface area (Å²) in [7, 11) is 0. The van der Waals surface area contributed by atoms with Crippen molar-refractivity contribution in [1.82, 2.24) is 14.5 Å². The molecule has 1 saturated heterocycles. The standard InChI is InChI=1S/C15H19N3O3S/c19-12(17-7-2-1-3-8-17)6-5-11-13(20)16-15(21)18-9-4-10-22-14(11)18/h5-6H,1-4,7-10H2,(H,16,20,21). The fourth-order valence-corrected chi connectivity index (χ4v) is 3.95. The number of carbonyl (C=O) groups excluding carboxylic acids is 1. The molecule has 2 aliphatic rings. The number of piperidine rings is 1. The summed E-state index contributed by atoms with van der Waals surface area (Å²) in [5.74, 6) is 0.814. The number of H-pyrrole nitrogens is 1. The summed E-state index contributed by atoms with van der Waals surface area (Å²) in [4.78, 5) is 40.2. The molecule has 0 unspecified atom stereocenters. The maximum atomic E-state index is 12.2. The largest absolute Gasteiger partial charge is 0.339 e. The molecule has 0 radical (unpaired) electrons. The van der Waals surface area contributed by atoms with Crippen molar-refractivity contribution in [2.24, 2.45) is 0 Å². The summed E-state index contributed by atoms with van der Waals surface area (Å²) < 4.78 is 1.58. The van der Waals surface area contributed by atoms with Crippen molar-refractivity contribution in [1.29, 1.82) is 0 Å². The van der Waals surface area contributed by atoms with Crippen LogP contribution < -0.4 is 11.2 Å². The number of amides is 1. The van der Waals surface area contributed by atoms with Gasteiger partial charge in [0.05, 0.1) is 10.6 Å². The van der Waals surface area contributed by atoms with Gasteiger partial charge in [-0.3, -0.25) is 19.1 Å². The summed E-state index contributed by atoms with van der Waals surface area (Å²) in [5.41, 5.74) is -0.380. The third-order valence-corrected chi connectivity index (χ3v) is 5.22. The second-order valence-electron chi connectivity index (χ2n) is 5.55. The van der Waals surface area contributed by atoms with Crippen LogP contribution in [-0.2, 0) is 11.3 Å². The maximum Gasteiger partial charge on any atom is 0.329 e. The molecule has 0 atom stereocenters. The molecule has 1 amide bonds. The van der Waals surface area contributed by atoms with Crippen LogP contribution in [0.3, 0.4) is 0 Å². The van der Waals surface area contributed by atoms with Gasteiger partial charge in [0.15, 0.2) is 0 Å². The van der Waals surface area contributed by atoms with E-state index in [4.69, 9.17) is 0 Å². The van der Waals surface area contributed by atoms with Crippen molar-refractivity contribution in [3.8, 4) is 0 Å².